The Morgan fingerprint density at radius 3 is 2.69 bits per heavy atom. The summed E-state index contributed by atoms with van der Waals surface area (Å²) < 4.78 is 3.14. The monoisotopic (exact) mass is 373 g/mol. The largest absolute Gasteiger partial charge is 0.325 e. The molecule has 0 fully saturated rings. The number of fused-ring (bicyclic) bond motifs is 1. The minimum absolute atomic E-state index is 0.131. The van der Waals surface area contributed by atoms with E-state index in [2.05, 4.69) is 15.4 Å². The van der Waals surface area contributed by atoms with E-state index in [1.54, 1.807) is 28.9 Å². The topological polar surface area (TPSA) is 81.8 Å². The molecule has 0 saturated heterocycles. The normalized spacial score (nSPS) is 11.7. The first kappa shape index (κ1) is 18.1. The number of aryl methyl sites for hydroxylation is 1. The first-order valence-electron chi connectivity index (χ1n) is 8.25. The highest BCUT2D eigenvalue weighted by Crippen LogP contribution is 2.20. The van der Waals surface area contributed by atoms with Gasteiger partial charge in [-0.15, -0.1) is 0 Å². The summed E-state index contributed by atoms with van der Waals surface area (Å²) >= 11 is 6.03. The number of hydrogen-bond acceptors (Lipinski definition) is 4. The average Bonchev–Trinajstić information content (AvgIpc) is 3.01. The lowest BCUT2D eigenvalue weighted by Gasteiger charge is -2.19. The highest BCUT2D eigenvalue weighted by Gasteiger charge is 2.19. The number of rotatable bonds is 4. The second-order valence-corrected chi connectivity index (χ2v) is 7.39. The summed E-state index contributed by atoms with van der Waals surface area (Å²) in [6, 6.07) is 7.00. The summed E-state index contributed by atoms with van der Waals surface area (Å²) in [5.74, 6) is -0.226. The highest BCUT2D eigenvalue weighted by atomic mass is 35.5. The van der Waals surface area contributed by atoms with Gasteiger partial charge in [0.15, 0.2) is 5.65 Å². The van der Waals surface area contributed by atoms with Crippen molar-refractivity contribution in [3.8, 4) is 0 Å². The van der Waals surface area contributed by atoms with Gasteiger partial charge in [-0.1, -0.05) is 23.7 Å². The second kappa shape index (κ2) is 6.92. The van der Waals surface area contributed by atoms with E-state index in [0.717, 1.165) is 0 Å². The number of hydrogen-bond donors (Lipinski definition) is 1. The molecule has 0 radical (unpaired) electrons. The minimum Gasteiger partial charge on any atom is -0.325 e. The molecule has 0 unspecified atom stereocenters. The predicted molar refractivity (Wildman–Crippen MR) is 101 cm³/mol. The summed E-state index contributed by atoms with van der Waals surface area (Å²) in [6.45, 7) is 6.20. The number of halogens is 1. The van der Waals surface area contributed by atoms with Crippen LogP contribution in [0.4, 0.5) is 5.69 Å². The Bertz CT molecular complexity index is 1020. The van der Waals surface area contributed by atoms with Gasteiger partial charge in [-0.2, -0.15) is 5.10 Å². The van der Waals surface area contributed by atoms with Crippen LogP contribution < -0.4 is 10.9 Å². The summed E-state index contributed by atoms with van der Waals surface area (Å²) in [7, 11) is 0. The first-order chi connectivity index (χ1) is 12.3. The van der Waals surface area contributed by atoms with Crippen molar-refractivity contribution in [3.05, 3.63) is 52.2 Å². The standard InChI is InChI=1S/C18H20ClN5O2/c1-18(2,3)24-16-12(10-21-24)17(26)23(11-20-16)9-8-15(25)22-14-7-5-4-6-13(14)19/h4-7,10-11H,8-9H2,1-3H3,(H,22,25). The van der Waals surface area contributed by atoms with Gasteiger partial charge in [-0.3, -0.25) is 14.2 Å². The SMILES string of the molecule is CC(C)(C)n1ncc2c(=O)n(CCC(=O)Nc3ccccc3Cl)cnc21. The van der Waals surface area contributed by atoms with Crippen molar-refractivity contribution in [2.75, 3.05) is 5.32 Å². The van der Waals surface area contributed by atoms with Gasteiger partial charge in [-0.05, 0) is 32.9 Å². The number of amides is 1. The zero-order chi connectivity index (χ0) is 18.9. The van der Waals surface area contributed by atoms with Gasteiger partial charge in [0, 0.05) is 13.0 Å². The van der Waals surface area contributed by atoms with Gasteiger partial charge in [0.1, 0.15) is 5.39 Å². The van der Waals surface area contributed by atoms with Crippen LogP contribution in [0.5, 0.6) is 0 Å². The molecule has 26 heavy (non-hydrogen) atoms. The van der Waals surface area contributed by atoms with E-state index < -0.39 is 0 Å². The molecule has 2 heterocycles. The molecule has 8 heteroatoms. The molecule has 1 N–H and O–H groups in total. The fraction of sp³-hybridized carbons (Fsp3) is 0.333. The lowest BCUT2D eigenvalue weighted by Crippen LogP contribution is -2.26. The Kier molecular flexibility index (Phi) is 4.82. The molecule has 1 aromatic carbocycles. The van der Waals surface area contributed by atoms with Crippen molar-refractivity contribution < 1.29 is 4.79 Å². The maximum absolute atomic E-state index is 12.6. The van der Waals surface area contributed by atoms with Crippen LogP contribution in [0.2, 0.25) is 5.02 Å². The molecule has 1 amide bonds. The lowest BCUT2D eigenvalue weighted by atomic mass is 10.1. The van der Waals surface area contributed by atoms with E-state index in [-0.39, 0.29) is 30.0 Å². The van der Waals surface area contributed by atoms with Crippen molar-refractivity contribution >= 4 is 34.2 Å². The quantitative estimate of drug-likeness (QED) is 0.762. The van der Waals surface area contributed by atoms with E-state index >= 15 is 0 Å². The average molecular weight is 374 g/mol. The maximum Gasteiger partial charge on any atom is 0.264 e. The summed E-state index contributed by atoms with van der Waals surface area (Å²) in [5, 5.41) is 7.92. The molecule has 0 aliphatic heterocycles. The zero-order valence-electron chi connectivity index (χ0n) is 14.9. The number of aromatic nitrogens is 4. The number of anilines is 1. The van der Waals surface area contributed by atoms with Crippen LogP contribution in [0.1, 0.15) is 27.2 Å². The van der Waals surface area contributed by atoms with Crippen molar-refractivity contribution in [2.45, 2.75) is 39.3 Å². The second-order valence-electron chi connectivity index (χ2n) is 6.99. The molecule has 136 valence electrons. The van der Waals surface area contributed by atoms with Crippen molar-refractivity contribution in [2.24, 2.45) is 0 Å². The maximum atomic E-state index is 12.6. The minimum atomic E-state index is -0.276. The van der Waals surface area contributed by atoms with Crippen LogP contribution in [0.15, 0.2) is 41.6 Å². The van der Waals surface area contributed by atoms with E-state index in [1.807, 2.05) is 20.8 Å². The molecule has 0 aliphatic carbocycles. The van der Waals surface area contributed by atoms with E-state index in [1.165, 1.54) is 17.1 Å². The Morgan fingerprint density at radius 1 is 1.27 bits per heavy atom. The molecular formula is C18H20ClN5O2. The van der Waals surface area contributed by atoms with E-state index in [9.17, 15) is 9.59 Å². The van der Waals surface area contributed by atoms with Crippen molar-refractivity contribution in [3.63, 3.8) is 0 Å². The molecular weight excluding hydrogens is 354 g/mol. The fourth-order valence-electron chi connectivity index (χ4n) is 2.60. The van der Waals surface area contributed by atoms with E-state index in [4.69, 9.17) is 11.6 Å². The molecule has 2 aromatic heterocycles. The van der Waals surface area contributed by atoms with Crippen LogP contribution in [0, 0.1) is 0 Å². The Hall–Kier alpha value is -2.67. The molecule has 0 atom stereocenters. The van der Waals surface area contributed by atoms with Gasteiger partial charge in [0.2, 0.25) is 5.91 Å². The predicted octanol–water partition coefficient (Wildman–Crippen LogP) is 3.03. The van der Waals surface area contributed by atoms with Crippen LogP contribution in [0.25, 0.3) is 11.0 Å². The zero-order valence-corrected chi connectivity index (χ0v) is 15.6. The molecule has 0 bridgehead atoms. The van der Waals surface area contributed by atoms with Crippen LogP contribution in [-0.2, 0) is 16.9 Å². The van der Waals surface area contributed by atoms with Crippen LogP contribution in [-0.4, -0.2) is 25.2 Å². The smallest absolute Gasteiger partial charge is 0.264 e. The Balaban J connectivity index is 1.75. The Morgan fingerprint density at radius 2 is 2.00 bits per heavy atom. The number of nitrogens with one attached hydrogen (secondary N) is 1. The Labute approximate surface area is 155 Å². The third-order valence-electron chi connectivity index (χ3n) is 3.92. The van der Waals surface area contributed by atoms with Crippen molar-refractivity contribution in [1.82, 2.24) is 19.3 Å². The van der Waals surface area contributed by atoms with Crippen LogP contribution in [0.3, 0.4) is 0 Å². The molecule has 0 saturated carbocycles. The molecule has 3 rings (SSSR count). The summed E-state index contributed by atoms with van der Waals surface area (Å²) in [5.41, 5.74) is 0.601. The third-order valence-corrected chi connectivity index (χ3v) is 4.25. The van der Waals surface area contributed by atoms with E-state index in [0.29, 0.717) is 21.7 Å². The highest BCUT2D eigenvalue weighted by molar-refractivity contribution is 6.33. The van der Waals surface area contributed by atoms with Gasteiger partial charge >= 0.3 is 0 Å². The number of carbonyl (C=O) groups is 1. The van der Waals surface area contributed by atoms with Gasteiger partial charge in [0.05, 0.1) is 28.8 Å². The van der Waals surface area contributed by atoms with Crippen molar-refractivity contribution in [1.29, 1.82) is 0 Å². The van der Waals surface area contributed by atoms with Gasteiger partial charge in [-0.25, -0.2) is 9.67 Å². The summed E-state index contributed by atoms with van der Waals surface area (Å²) in [4.78, 5) is 29.1. The van der Waals surface area contributed by atoms with Gasteiger partial charge in [0.25, 0.3) is 5.56 Å². The fourth-order valence-corrected chi connectivity index (χ4v) is 2.78. The molecule has 0 spiro atoms. The number of nitrogens with zero attached hydrogens (tertiary/aromatic N) is 4. The first-order valence-corrected chi connectivity index (χ1v) is 8.63. The van der Waals surface area contributed by atoms with Crippen LogP contribution >= 0.6 is 11.6 Å². The molecule has 7 nitrogen and oxygen atoms in total. The lowest BCUT2D eigenvalue weighted by molar-refractivity contribution is -0.116. The number of para-hydroxylation sites is 1. The third kappa shape index (κ3) is 3.62. The number of carbonyl (C=O) groups excluding carboxylic acids is 1. The molecule has 3 aromatic rings. The summed E-state index contributed by atoms with van der Waals surface area (Å²) in [6.07, 6.45) is 3.11. The number of benzene rings is 1. The molecule has 0 aliphatic rings. The van der Waals surface area contributed by atoms with Gasteiger partial charge < -0.3 is 5.32 Å².